The molecule has 0 aliphatic carbocycles. The Morgan fingerprint density at radius 2 is 2.00 bits per heavy atom. The fourth-order valence-electron chi connectivity index (χ4n) is 1.83. The third kappa shape index (κ3) is 1.62. The summed E-state index contributed by atoms with van der Waals surface area (Å²) in [5.74, 6) is -0.283. The van der Waals surface area contributed by atoms with Crippen LogP contribution >= 0.6 is 0 Å². The van der Waals surface area contributed by atoms with Gasteiger partial charge in [0.15, 0.2) is 0 Å². The number of fused-ring (bicyclic) bond motifs is 1. The molecule has 1 aliphatic rings. The van der Waals surface area contributed by atoms with E-state index in [1.165, 1.54) is 12.1 Å². The van der Waals surface area contributed by atoms with Crippen LogP contribution in [0.25, 0.3) is 0 Å². The fraction of sp³-hybridized carbons (Fsp3) is 0.417. The minimum atomic E-state index is -0.280. The predicted octanol–water partition coefficient (Wildman–Crippen LogP) is 2.58. The fourth-order valence-corrected chi connectivity index (χ4v) is 1.83. The molecule has 1 aromatic rings. The Labute approximate surface area is 88.7 Å². The van der Waals surface area contributed by atoms with Crippen molar-refractivity contribution in [1.29, 1.82) is 0 Å². The van der Waals surface area contributed by atoms with Gasteiger partial charge in [0.1, 0.15) is 5.82 Å². The van der Waals surface area contributed by atoms with Crippen molar-refractivity contribution in [2.24, 2.45) is 0 Å². The Morgan fingerprint density at radius 1 is 1.33 bits per heavy atom. The summed E-state index contributed by atoms with van der Waals surface area (Å²) in [7, 11) is 0. The molecule has 1 aliphatic heterocycles. The first-order chi connectivity index (χ1) is 6.89. The number of benzene rings is 1. The van der Waals surface area contributed by atoms with Crippen LogP contribution in [0, 0.1) is 5.82 Å². The smallest absolute Gasteiger partial charge is 0.254 e. The van der Waals surface area contributed by atoms with Crippen LogP contribution in [0.4, 0.5) is 4.39 Å². The minimum Gasteiger partial charge on any atom is -0.329 e. The van der Waals surface area contributed by atoms with E-state index in [1.54, 1.807) is 11.0 Å². The summed E-state index contributed by atoms with van der Waals surface area (Å²) in [5, 5.41) is 0. The maximum atomic E-state index is 13.0. The number of halogens is 1. The van der Waals surface area contributed by atoms with E-state index in [2.05, 4.69) is 0 Å². The molecule has 0 saturated carbocycles. The Hall–Kier alpha value is -1.38. The molecule has 0 aromatic heterocycles. The van der Waals surface area contributed by atoms with Crippen LogP contribution in [0.3, 0.4) is 0 Å². The number of hydrogen-bond acceptors (Lipinski definition) is 1. The van der Waals surface area contributed by atoms with Crippen LogP contribution < -0.4 is 0 Å². The molecule has 3 heteroatoms. The van der Waals surface area contributed by atoms with Gasteiger partial charge in [0.05, 0.1) is 0 Å². The summed E-state index contributed by atoms with van der Waals surface area (Å²) < 4.78 is 13.0. The van der Waals surface area contributed by atoms with Gasteiger partial charge in [-0.25, -0.2) is 4.39 Å². The van der Waals surface area contributed by atoms with Crippen molar-refractivity contribution in [2.45, 2.75) is 32.9 Å². The number of carbonyl (C=O) groups is 1. The summed E-state index contributed by atoms with van der Waals surface area (Å²) in [5.41, 5.74) is 1.20. The Kier molecular flexibility index (Phi) is 2.07. The van der Waals surface area contributed by atoms with Crippen molar-refractivity contribution in [3.8, 4) is 0 Å². The standard InChI is InChI=1S/C12H14FNO/c1-12(2,3)14-7-8-6-9(13)4-5-10(8)11(14)15/h4-6H,7H2,1-3H3. The third-order valence-electron chi connectivity index (χ3n) is 2.68. The van der Waals surface area contributed by atoms with Crippen LogP contribution in [0.2, 0.25) is 0 Å². The predicted molar refractivity (Wildman–Crippen MR) is 56.0 cm³/mol. The highest BCUT2D eigenvalue weighted by Crippen LogP contribution is 2.29. The molecule has 0 saturated heterocycles. The van der Waals surface area contributed by atoms with Gasteiger partial charge in [-0.15, -0.1) is 0 Å². The average molecular weight is 207 g/mol. The van der Waals surface area contributed by atoms with Crippen molar-refractivity contribution in [2.75, 3.05) is 0 Å². The van der Waals surface area contributed by atoms with Crippen molar-refractivity contribution in [3.05, 3.63) is 35.1 Å². The van der Waals surface area contributed by atoms with Crippen molar-refractivity contribution >= 4 is 5.91 Å². The second-order valence-electron chi connectivity index (χ2n) is 4.86. The summed E-state index contributed by atoms with van der Waals surface area (Å²) in [6.45, 7) is 6.45. The van der Waals surface area contributed by atoms with Gasteiger partial charge in [-0.2, -0.15) is 0 Å². The molecule has 0 atom stereocenters. The van der Waals surface area contributed by atoms with Crippen LogP contribution in [-0.2, 0) is 6.54 Å². The van der Waals surface area contributed by atoms with E-state index in [9.17, 15) is 9.18 Å². The molecular formula is C12H14FNO. The molecular weight excluding hydrogens is 193 g/mol. The van der Waals surface area contributed by atoms with Crippen molar-refractivity contribution in [3.63, 3.8) is 0 Å². The van der Waals surface area contributed by atoms with Gasteiger partial charge >= 0.3 is 0 Å². The monoisotopic (exact) mass is 207 g/mol. The highest BCUT2D eigenvalue weighted by molar-refractivity contribution is 5.98. The van der Waals surface area contributed by atoms with Gasteiger partial charge in [-0.3, -0.25) is 4.79 Å². The lowest BCUT2D eigenvalue weighted by Crippen LogP contribution is -2.41. The van der Waals surface area contributed by atoms with E-state index < -0.39 is 0 Å². The lowest BCUT2D eigenvalue weighted by Gasteiger charge is -2.31. The molecule has 0 fully saturated rings. The van der Waals surface area contributed by atoms with Crippen molar-refractivity contribution < 1.29 is 9.18 Å². The van der Waals surface area contributed by atoms with E-state index in [0.29, 0.717) is 12.1 Å². The lowest BCUT2D eigenvalue weighted by molar-refractivity contribution is 0.0609. The molecule has 2 nitrogen and oxygen atoms in total. The second kappa shape index (κ2) is 3.05. The highest BCUT2D eigenvalue weighted by Gasteiger charge is 2.34. The number of hydrogen-bond donors (Lipinski definition) is 0. The number of rotatable bonds is 0. The van der Waals surface area contributed by atoms with Crippen LogP contribution in [0.15, 0.2) is 18.2 Å². The van der Waals surface area contributed by atoms with Crippen LogP contribution in [0.1, 0.15) is 36.7 Å². The van der Waals surface area contributed by atoms with E-state index in [0.717, 1.165) is 5.56 Å². The largest absolute Gasteiger partial charge is 0.329 e. The molecule has 1 amide bonds. The number of nitrogens with zero attached hydrogens (tertiary/aromatic N) is 1. The van der Waals surface area contributed by atoms with E-state index in [4.69, 9.17) is 0 Å². The van der Waals surface area contributed by atoms with Gasteiger partial charge < -0.3 is 4.90 Å². The molecule has 15 heavy (non-hydrogen) atoms. The summed E-state index contributed by atoms with van der Waals surface area (Å²) in [6, 6.07) is 4.35. The molecule has 0 radical (unpaired) electrons. The molecule has 0 spiro atoms. The topological polar surface area (TPSA) is 20.3 Å². The maximum Gasteiger partial charge on any atom is 0.254 e. The van der Waals surface area contributed by atoms with Gasteiger partial charge in [0.2, 0.25) is 0 Å². The highest BCUT2D eigenvalue weighted by atomic mass is 19.1. The zero-order valence-electron chi connectivity index (χ0n) is 9.17. The molecule has 0 unspecified atom stereocenters. The first kappa shape index (κ1) is 10.1. The minimum absolute atomic E-state index is 0.00231. The first-order valence-corrected chi connectivity index (χ1v) is 5.00. The van der Waals surface area contributed by atoms with E-state index in [-0.39, 0.29) is 17.3 Å². The Morgan fingerprint density at radius 3 is 2.60 bits per heavy atom. The quantitative estimate of drug-likeness (QED) is 0.640. The molecule has 0 N–H and O–H groups in total. The Balaban J connectivity index is 2.42. The van der Waals surface area contributed by atoms with Crippen LogP contribution in [-0.4, -0.2) is 16.3 Å². The number of amides is 1. The van der Waals surface area contributed by atoms with Gasteiger partial charge in [-0.05, 0) is 44.5 Å². The van der Waals surface area contributed by atoms with Gasteiger partial charge in [0.25, 0.3) is 5.91 Å². The SMILES string of the molecule is CC(C)(C)N1Cc2cc(F)ccc2C1=O. The van der Waals surface area contributed by atoms with Gasteiger partial charge in [-0.1, -0.05) is 0 Å². The van der Waals surface area contributed by atoms with Gasteiger partial charge in [0, 0.05) is 17.6 Å². The number of carbonyl (C=O) groups excluding carboxylic acids is 1. The molecule has 1 aromatic carbocycles. The average Bonchev–Trinajstić information content (AvgIpc) is 2.42. The first-order valence-electron chi connectivity index (χ1n) is 5.00. The second-order valence-corrected chi connectivity index (χ2v) is 4.86. The molecule has 0 bridgehead atoms. The third-order valence-corrected chi connectivity index (χ3v) is 2.68. The summed E-state index contributed by atoms with van der Waals surface area (Å²) in [6.07, 6.45) is 0. The van der Waals surface area contributed by atoms with Crippen LogP contribution in [0.5, 0.6) is 0 Å². The normalized spacial score (nSPS) is 15.7. The molecule has 2 rings (SSSR count). The van der Waals surface area contributed by atoms with E-state index in [1.807, 2.05) is 20.8 Å². The molecule has 1 heterocycles. The Bertz CT molecular complexity index is 420. The summed E-state index contributed by atoms with van der Waals surface area (Å²) >= 11 is 0. The zero-order chi connectivity index (χ0) is 11.2. The van der Waals surface area contributed by atoms with Crippen molar-refractivity contribution in [1.82, 2.24) is 4.90 Å². The zero-order valence-corrected chi connectivity index (χ0v) is 9.17. The van der Waals surface area contributed by atoms with E-state index >= 15 is 0 Å². The lowest BCUT2D eigenvalue weighted by atomic mass is 10.1. The maximum absolute atomic E-state index is 13.0. The molecule has 80 valence electrons. The summed E-state index contributed by atoms with van der Waals surface area (Å²) in [4.78, 5) is 13.7.